The van der Waals surface area contributed by atoms with Gasteiger partial charge in [0.25, 0.3) is 10.0 Å². The second kappa shape index (κ2) is 6.18. The van der Waals surface area contributed by atoms with Gasteiger partial charge in [-0.05, 0) is 55.3 Å². The molecule has 1 aliphatic rings. The molecule has 0 saturated carbocycles. The maximum atomic E-state index is 12.3. The van der Waals surface area contributed by atoms with Crippen molar-refractivity contribution in [1.29, 1.82) is 0 Å². The smallest absolute Gasteiger partial charge is 0.261 e. The highest BCUT2D eigenvalue weighted by atomic mass is 35.5. The predicted octanol–water partition coefficient (Wildman–Crippen LogP) is 3.74. The Morgan fingerprint density at radius 3 is 2.32 bits per heavy atom. The Morgan fingerprint density at radius 1 is 1.00 bits per heavy atom. The average molecular weight is 337 g/mol. The normalized spacial score (nSPS) is 15.0. The van der Waals surface area contributed by atoms with Crippen molar-refractivity contribution in [2.24, 2.45) is 0 Å². The third-order valence-electron chi connectivity index (χ3n) is 3.70. The second-order valence-corrected chi connectivity index (χ2v) is 7.42. The minimum absolute atomic E-state index is 0.156. The lowest BCUT2D eigenvalue weighted by atomic mass is 10.2. The van der Waals surface area contributed by atoms with E-state index in [-0.39, 0.29) is 4.90 Å². The van der Waals surface area contributed by atoms with E-state index in [0.717, 1.165) is 18.8 Å². The van der Waals surface area contributed by atoms with Crippen molar-refractivity contribution in [3.63, 3.8) is 0 Å². The van der Waals surface area contributed by atoms with Gasteiger partial charge >= 0.3 is 0 Å². The zero-order valence-corrected chi connectivity index (χ0v) is 13.6. The monoisotopic (exact) mass is 336 g/mol. The summed E-state index contributed by atoms with van der Waals surface area (Å²) in [5.74, 6) is 0. The third kappa shape index (κ3) is 3.36. The molecule has 1 heterocycles. The first-order chi connectivity index (χ1) is 10.5. The van der Waals surface area contributed by atoms with Crippen LogP contribution in [0.3, 0.4) is 0 Å². The highest BCUT2D eigenvalue weighted by Crippen LogP contribution is 2.24. The van der Waals surface area contributed by atoms with E-state index in [2.05, 4.69) is 9.62 Å². The summed E-state index contributed by atoms with van der Waals surface area (Å²) in [6, 6.07) is 13.7. The molecule has 6 heteroatoms. The zero-order chi connectivity index (χ0) is 15.6. The van der Waals surface area contributed by atoms with Gasteiger partial charge in [0, 0.05) is 29.5 Å². The van der Waals surface area contributed by atoms with Crippen LogP contribution in [0.15, 0.2) is 53.4 Å². The van der Waals surface area contributed by atoms with Gasteiger partial charge in [0.05, 0.1) is 4.90 Å². The molecule has 1 saturated heterocycles. The van der Waals surface area contributed by atoms with Gasteiger partial charge in [0.2, 0.25) is 0 Å². The number of rotatable bonds is 4. The zero-order valence-electron chi connectivity index (χ0n) is 12.0. The molecule has 2 aromatic carbocycles. The summed E-state index contributed by atoms with van der Waals surface area (Å²) in [6.07, 6.45) is 2.42. The van der Waals surface area contributed by atoms with Crippen LogP contribution in [-0.4, -0.2) is 21.5 Å². The fraction of sp³-hybridized carbons (Fsp3) is 0.250. The van der Waals surface area contributed by atoms with E-state index < -0.39 is 10.0 Å². The van der Waals surface area contributed by atoms with E-state index >= 15 is 0 Å². The van der Waals surface area contributed by atoms with Crippen molar-refractivity contribution in [2.45, 2.75) is 17.7 Å². The van der Waals surface area contributed by atoms with Crippen LogP contribution in [-0.2, 0) is 10.0 Å². The first-order valence-corrected chi connectivity index (χ1v) is 9.04. The lowest BCUT2D eigenvalue weighted by Crippen LogP contribution is -2.17. The maximum Gasteiger partial charge on any atom is 0.261 e. The van der Waals surface area contributed by atoms with Crippen molar-refractivity contribution >= 4 is 33.0 Å². The van der Waals surface area contributed by atoms with Crippen LogP contribution in [0.1, 0.15) is 12.8 Å². The molecule has 0 aromatic heterocycles. The topological polar surface area (TPSA) is 49.4 Å². The Bertz CT molecular complexity index is 754. The molecule has 116 valence electrons. The molecular weight excluding hydrogens is 320 g/mol. The summed E-state index contributed by atoms with van der Waals surface area (Å²) < 4.78 is 27.2. The lowest BCUT2D eigenvalue weighted by Gasteiger charge is -2.18. The largest absolute Gasteiger partial charge is 0.372 e. The van der Waals surface area contributed by atoms with E-state index in [1.807, 2.05) is 12.1 Å². The van der Waals surface area contributed by atoms with Crippen molar-refractivity contribution < 1.29 is 8.42 Å². The number of hydrogen-bond donors (Lipinski definition) is 1. The van der Waals surface area contributed by atoms with Crippen molar-refractivity contribution in [1.82, 2.24) is 0 Å². The van der Waals surface area contributed by atoms with Crippen LogP contribution in [0.25, 0.3) is 0 Å². The number of benzene rings is 2. The predicted molar refractivity (Wildman–Crippen MR) is 90.1 cm³/mol. The Kier molecular flexibility index (Phi) is 4.27. The van der Waals surface area contributed by atoms with Crippen molar-refractivity contribution in [3.8, 4) is 0 Å². The molecule has 0 aliphatic carbocycles. The molecule has 2 aromatic rings. The Morgan fingerprint density at radius 2 is 1.68 bits per heavy atom. The number of nitrogens with one attached hydrogen (secondary N) is 1. The molecule has 0 spiro atoms. The molecule has 22 heavy (non-hydrogen) atoms. The lowest BCUT2D eigenvalue weighted by molar-refractivity contribution is 0.601. The quantitative estimate of drug-likeness (QED) is 0.925. The van der Waals surface area contributed by atoms with Gasteiger partial charge in [-0.25, -0.2) is 8.42 Å². The summed E-state index contributed by atoms with van der Waals surface area (Å²) in [4.78, 5) is 2.46. The molecule has 1 fully saturated rings. The van der Waals surface area contributed by atoms with E-state index in [9.17, 15) is 8.42 Å². The van der Waals surface area contributed by atoms with Gasteiger partial charge < -0.3 is 4.90 Å². The average Bonchev–Trinajstić information content (AvgIpc) is 3.02. The molecule has 1 N–H and O–H groups in total. The van der Waals surface area contributed by atoms with Crippen LogP contribution >= 0.6 is 11.6 Å². The van der Waals surface area contributed by atoms with Crippen LogP contribution in [0, 0.1) is 0 Å². The standard InChI is InChI=1S/C16H17ClN2O2S/c17-13-4-3-5-16(12-13)22(20,21)18-14-6-8-15(9-7-14)19-10-1-2-11-19/h3-9,12,18H,1-2,10-11H2. The molecule has 0 radical (unpaired) electrons. The number of sulfonamides is 1. The summed E-state index contributed by atoms with van der Waals surface area (Å²) in [6.45, 7) is 2.13. The summed E-state index contributed by atoms with van der Waals surface area (Å²) >= 11 is 5.85. The molecule has 4 nitrogen and oxygen atoms in total. The fourth-order valence-electron chi connectivity index (χ4n) is 2.56. The fourth-order valence-corrected chi connectivity index (χ4v) is 3.92. The Balaban J connectivity index is 1.77. The molecule has 0 bridgehead atoms. The minimum atomic E-state index is -3.62. The first-order valence-electron chi connectivity index (χ1n) is 7.18. The van der Waals surface area contributed by atoms with Crippen LogP contribution in [0.5, 0.6) is 0 Å². The van der Waals surface area contributed by atoms with Gasteiger partial charge in [-0.1, -0.05) is 17.7 Å². The molecular formula is C16H17ClN2O2S. The maximum absolute atomic E-state index is 12.3. The third-order valence-corrected chi connectivity index (χ3v) is 5.31. The van der Waals surface area contributed by atoms with Crippen LogP contribution in [0.2, 0.25) is 5.02 Å². The minimum Gasteiger partial charge on any atom is -0.372 e. The summed E-state index contributed by atoms with van der Waals surface area (Å²) in [5, 5.41) is 0.396. The number of hydrogen-bond acceptors (Lipinski definition) is 3. The summed E-state index contributed by atoms with van der Waals surface area (Å²) in [7, 11) is -3.62. The molecule has 0 atom stereocenters. The van der Waals surface area contributed by atoms with Crippen molar-refractivity contribution in [2.75, 3.05) is 22.7 Å². The second-order valence-electron chi connectivity index (χ2n) is 5.30. The number of halogens is 1. The highest BCUT2D eigenvalue weighted by Gasteiger charge is 2.15. The van der Waals surface area contributed by atoms with Gasteiger partial charge in [0.15, 0.2) is 0 Å². The Hall–Kier alpha value is -1.72. The number of anilines is 2. The van der Waals surface area contributed by atoms with E-state index in [4.69, 9.17) is 11.6 Å². The SMILES string of the molecule is O=S(=O)(Nc1ccc(N2CCCC2)cc1)c1cccc(Cl)c1. The molecule has 0 amide bonds. The van der Waals surface area contributed by atoms with Gasteiger partial charge in [-0.15, -0.1) is 0 Å². The highest BCUT2D eigenvalue weighted by molar-refractivity contribution is 7.92. The summed E-state index contributed by atoms with van der Waals surface area (Å²) in [5.41, 5.74) is 1.67. The van der Waals surface area contributed by atoms with Crippen molar-refractivity contribution in [3.05, 3.63) is 53.6 Å². The molecule has 1 aliphatic heterocycles. The van der Waals surface area contributed by atoms with Gasteiger partial charge in [-0.2, -0.15) is 0 Å². The van der Waals surface area contributed by atoms with E-state index in [0.29, 0.717) is 10.7 Å². The van der Waals surface area contributed by atoms with E-state index in [1.54, 1.807) is 24.3 Å². The molecule has 3 rings (SSSR count). The van der Waals surface area contributed by atoms with Gasteiger partial charge in [-0.3, -0.25) is 4.72 Å². The number of nitrogens with zero attached hydrogens (tertiary/aromatic N) is 1. The van der Waals surface area contributed by atoms with Crippen LogP contribution in [0.4, 0.5) is 11.4 Å². The molecule has 0 unspecified atom stereocenters. The first kappa shape index (κ1) is 15.2. The van der Waals surface area contributed by atoms with E-state index in [1.165, 1.54) is 25.0 Å². The van der Waals surface area contributed by atoms with Crippen LogP contribution < -0.4 is 9.62 Å². The Labute approximate surface area is 135 Å². The van der Waals surface area contributed by atoms with Gasteiger partial charge in [0.1, 0.15) is 0 Å².